The molecule has 106 valence electrons. The summed E-state index contributed by atoms with van der Waals surface area (Å²) in [4.78, 5) is 0.269. The molecule has 0 amide bonds. The molecule has 0 atom stereocenters. The fraction of sp³-hybridized carbons (Fsp3) is 0.200. The van der Waals surface area contributed by atoms with Gasteiger partial charge in [-0.2, -0.15) is 0 Å². The van der Waals surface area contributed by atoms with Crippen LogP contribution in [0.15, 0.2) is 53.4 Å². The van der Waals surface area contributed by atoms with Crippen LogP contribution in [0.4, 0.5) is 11.4 Å². The zero-order valence-corrected chi connectivity index (χ0v) is 12.6. The molecule has 0 aliphatic heterocycles. The molecule has 5 heteroatoms. The first-order valence-corrected chi connectivity index (χ1v) is 7.73. The fourth-order valence-electron chi connectivity index (χ4n) is 1.94. The highest BCUT2D eigenvalue weighted by molar-refractivity contribution is 7.93. The summed E-state index contributed by atoms with van der Waals surface area (Å²) in [5.41, 5.74) is 2.32. The number of nitrogens with zero attached hydrogens (tertiary/aromatic N) is 1. The van der Waals surface area contributed by atoms with Crippen molar-refractivity contribution in [2.75, 3.05) is 23.7 Å². The van der Waals surface area contributed by atoms with E-state index in [1.54, 1.807) is 50.5 Å². The Morgan fingerprint density at radius 1 is 1.00 bits per heavy atom. The molecule has 2 aromatic carbocycles. The molecular weight excluding hydrogens is 272 g/mol. The number of sulfonamides is 1. The molecule has 0 fully saturated rings. The summed E-state index contributed by atoms with van der Waals surface area (Å²) in [6.07, 6.45) is 0. The van der Waals surface area contributed by atoms with Crippen LogP contribution in [0.3, 0.4) is 0 Å². The van der Waals surface area contributed by atoms with Crippen LogP contribution < -0.4 is 9.62 Å². The van der Waals surface area contributed by atoms with Crippen LogP contribution in [-0.4, -0.2) is 22.5 Å². The summed E-state index contributed by atoms with van der Waals surface area (Å²) in [5, 5.41) is 2.91. The second-order valence-corrected chi connectivity index (χ2v) is 6.49. The van der Waals surface area contributed by atoms with Gasteiger partial charge in [-0.1, -0.05) is 29.8 Å². The summed E-state index contributed by atoms with van der Waals surface area (Å²) < 4.78 is 26.7. The highest BCUT2D eigenvalue weighted by Crippen LogP contribution is 2.27. The number of anilines is 2. The summed E-state index contributed by atoms with van der Waals surface area (Å²) in [6.45, 7) is 1.97. The summed E-state index contributed by atoms with van der Waals surface area (Å²) in [6, 6.07) is 14.3. The molecule has 0 saturated heterocycles. The maximum Gasteiger partial charge on any atom is 0.266 e. The molecule has 0 aliphatic rings. The molecular formula is C15H18N2O2S. The second kappa shape index (κ2) is 5.54. The van der Waals surface area contributed by atoms with E-state index < -0.39 is 10.0 Å². The van der Waals surface area contributed by atoms with Gasteiger partial charge in [0, 0.05) is 14.1 Å². The Morgan fingerprint density at radius 2 is 1.60 bits per heavy atom. The molecule has 20 heavy (non-hydrogen) atoms. The number of benzene rings is 2. The van der Waals surface area contributed by atoms with Crippen molar-refractivity contribution in [2.45, 2.75) is 11.8 Å². The average molecular weight is 290 g/mol. The minimum absolute atomic E-state index is 0.269. The van der Waals surface area contributed by atoms with Crippen LogP contribution in [0.2, 0.25) is 0 Å². The maximum absolute atomic E-state index is 12.7. The van der Waals surface area contributed by atoms with E-state index in [-0.39, 0.29) is 4.90 Å². The van der Waals surface area contributed by atoms with Gasteiger partial charge in [-0.3, -0.25) is 4.31 Å². The molecule has 0 aliphatic carbocycles. The first-order chi connectivity index (χ1) is 9.46. The van der Waals surface area contributed by atoms with Crippen molar-refractivity contribution in [3.05, 3.63) is 54.1 Å². The quantitative estimate of drug-likeness (QED) is 0.942. The Balaban J connectivity index is 2.46. The number of hydrogen-bond acceptors (Lipinski definition) is 3. The standard InChI is InChI=1S/C15H18N2O2S/c1-12-8-10-13(11-9-12)17(3)20(18,19)15-7-5-4-6-14(15)16-2/h4-11,16H,1-3H3. The van der Waals surface area contributed by atoms with Crippen LogP contribution >= 0.6 is 0 Å². The number of nitrogens with one attached hydrogen (secondary N) is 1. The molecule has 2 rings (SSSR count). The summed E-state index contributed by atoms with van der Waals surface area (Å²) in [7, 11) is -0.306. The molecule has 0 saturated carbocycles. The van der Waals surface area contributed by atoms with Crippen molar-refractivity contribution >= 4 is 21.4 Å². The molecule has 0 heterocycles. The molecule has 0 aromatic heterocycles. The third kappa shape index (κ3) is 2.63. The second-order valence-electron chi connectivity index (χ2n) is 4.55. The third-order valence-electron chi connectivity index (χ3n) is 3.19. The first kappa shape index (κ1) is 14.4. The van der Waals surface area contributed by atoms with E-state index in [0.29, 0.717) is 11.4 Å². The molecule has 0 unspecified atom stereocenters. The highest BCUT2D eigenvalue weighted by Gasteiger charge is 2.23. The van der Waals surface area contributed by atoms with Gasteiger partial charge in [0.2, 0.25) is 0 Å². The Bertz CT molecular complexity index is 694. The van der Waals surface area contributed by atoms with E-state index in [9.17, 15) is 8.42 Å². The monoisotopic (exact) mass is 290 g/mol. The lowest BCUT2D eigenvalue weighted by atomic mass is 10.2. The van der Waals surface area contributed by atoms with Crippen molar-refractivity contribution < 1.29 is 8.42 Å². The average Bonchev–Trinajstić information content (AvgIpc) is 2.47. The van der Waals surface area contributed by atoms with Crippen LogP contribution in [0.1, 0.15) is 5.56 Å². The minimum Gasteiger partial charge on any atom is -0.387 e. The van der Waals surface area contributed by atoms with Crippen LogP contribution in [0.25, 0.3) is 0 Å². The van der Waals surface area contributed by atoms with Crippen LogP contribution in [0, 0.1) is 6.92 Å². The number of rotatable bonds is 4. The lowest BCUT2D eigenvalue weighted by molar-refractivity contribution is 0.594. The van der Waals surface area contributed by atoms with Crippen molar-refractivity contribution in [2.24, 2.45) is 0 Å². The Labute approximate surface area is 120 Å². The first-order valence-electron chi connectivity index (χ1n) is 6.29. The van der Waals surface area contributed by atoms with Gasteiger partial charge in [-0.05, 0) is 31.2 Å². The predicted molar refractivity (Wildman–Crippen MR) is 82.8 cm³/mol. The maximum atomic E-state index is 12.7. The minimum atomic E-state index is -3.58. The van der Waals surface area contributed by atoms with Gasteiger partial charge in [0.25, 0.3) is 10.0 Å². The highest BCUT2D eigenvalue weighted by atomic mass is 32.2. The number of hydrogen-bond donors (Lipinski definition) is 1. The summed E-state index contributed by atoms with van der Waals surface area (Å²) >= 11 is 0. The largest absolute Gasteiger partial charge is 0.387 e. The number of para-hydroxylation sites is 1. The van der Waals surface area contributed by atoms with Gasteiger partial charge in [-0.25, -0.2) is 8.42 Å². The lowest BCUT2D eigenvalue weighted by Gasteiger charge is -2.21. The zero-order chi connectivity index (χ0) is 14.8. The van der Waals surface area contributed by atoms with Crippen LogP contribution in [0.5, 0.6) is 0 Å². The van der Waals surface area contributed by atoms with E-state index in [0.717, 1.165) is 5.56 Å². The molecule has 1 N–H and O–H groups in total. The smallest absolute Gasteiger partial charge is 0.266 e. The van der Waals surface area contributed by atoms with Crippen molar-refractivity contribution in [3.63, 3.8) is 0 Å². The molecule has 0 bridgehead atoms. The van der Waals surface area contributed by atoms with Gasteiger partial charge in [0.1, 0.15) is 4.90 Å². The lowest BCUT2D eigenvalue weighted by Crippen LogP contribution is -2.27. The Hall–Kier alpha value is -2.01. The van der Waals surface area contributed by atoms with E-state index in [1.807, 2.05) is 19.1 Å². The summed E-state index contributed by atoms with van der Waals surface area (Å²) in [5.74, 6) is 0. The molecule has 2 aromatic rings. The van der Waals surface area contributed by atoms with Crippen molar-refractivity contribution in [1.29, 1.82) is 0 Å². The fourth-order valence-corrected chi connectivity index (χ4v) is 3.33. The van der Waals surface area contributed by atoms with Gasteiger partial charge in [0.05, 0.1) is 11.4 Å². The normalized spacial score (nSPS) is 11.2. The Kier molecular flexibility index (Phi) is 3.99. The van der Waals surface area contributed by atoms with E-state index in [1.165, 1.54) is 4.31 Å². The molecule has 4 nitrogen and oxygen atoms in total. The van der Waals surface area contributed by atoms with E-state index in [2.05, 4.69) is 5.32 Å². The van der Waals surface area contributed by atoms with Crippen molar-refractivity contribution in [3.8, 4) is 0 Å². The van der Waals surface area contributed by atoms with Crippen molar-refractivity contribution in [1.82, 2.24) is 0 Å². The van der Waals surface area contributed by atoms with Gasteiger partial charge >= 0.3 is 0 Å². The SMILES string of the molecule is CNc1ccccc1S(=O)(=O)N(C)c1ccc(C)cc1. The third-order valence-corrected chi connectivity index (χ3v) is 5.04. The van der Waals surface area contributed by atoms with Gasteiger partial charge < -0.3 is 5.32 Å². The topological polar surface area (TPSA) is 49.4 Å². The predicted octanol–water partition coefficient (Wildman–Crippen LogP) is 2.86. The zero-order valence-electron chi connectivity index (χ0n) is 11.8. The van der Waals surface area contributed by atoms with E-state index >= 15 is 0 Å². The van der Waals surface area contributed by atoms with E-state index in [4.69, 9.17) is 0 Å². The Morgan fingerprint density at radius 3 is 2.20 bits per heavy atom. The number of aryl methyl sites for hydroxylation is 1. The molecule has 0 spiro atoms. The van der Waals surface area contributed by atoms with Crippen LogP contribution in [-0.2, 0) is 10.0 Å². The van der Waals surface area contributed by atoms with Gasteiger partial charge in [0.15, 0.2) is 0 Å². The molecule has 0 radical (unpaired) electrons. The van der Waals surface area contributed by atoms with Gasteiger partial charge in [-0.15, -0.1) is 0 Å².